The average Bonchev–Trinajstić information content (AvgIpc) is 2.99. The Bertz CT molecular complexity index is 599. The fourth-order valence-electron chi connectivity index (χ4n) is 2.28. The lowest BCUT2D eigenvalue weighted by atomic mass is 10.0. The number of guanidine groups is 1. The molecule has 1 atom stereocenters. The summed E-state index contributed by atoms with van der Waals surface area (Å²) in [5.74, 6) is 2.13. The van der Waals surface area contributed by atoms with Gasteiger partial charge in [0.25, 0.3) is 0 Å². The molecule has 0 radical (unpaired) electrons. The molecule has 2 aromatic rings. The molecule has 1 unspecified atom stereocenters. The van der Waals surface area contributed by atoms with Crippen LogP contribution in [0.15, 0.2) is 52.1 Å². The smallest absolute Gasteiger partial charge is 0.189 e. The van der Waals surface area contributed by atoms with Crippen molar-refractivity contribution < 1.29 is 9.15 Å². The minimum absolute atomic E-state index is 0. The summed E-state index contributed by atoms with van der Waals surface area (Å²) < 4.78 is 10.8. The highest BCUT2D eigenvalue weighted by Crippen LogP contribution is 2.31. The number of nitrogens with zero attached hydrogens (tertiary/aromatic N) is 1. The molecular weight excluding hydrogens is 381 g/mol. The minimum Gasteiger partial charge on any atom is -0.493 e. The molecule has 0 amide bonds. The molecule has 1 aromatic carbocycles. The van der Waals surface area contributed by atoms with Crippen molar-refractivity contribution in [1.82, 2.24) is 5.32 Å². The summed E-state index contributed by atoms with van der Waals surface area (Å²) in [6.07, 6.45) is 2.50. The summed E-state index contributed by atoms with van der Waals surface area (Å²) >= 11 is 0. The number of aliphatic imine (C=N–C) groups is 1. The van der Waals surface area contributed by atoms with Gasteiger partial charge in [0.1, 0.15) is 18.1 Å². The van der Waals surface area contributed by atoms with Gasteiger partial charge in [-0.15, -0.1) is 24.0 Å². The fraction of sp³-hybridized carbons (Fsp3) is 0.267. The van der Waals surface area contributed by atoms with Gasteiger partial charge in [-0.05, 0) is 18.2 Å². The Morgan fingerprint density at radius 1 is 1.29 bits per heavy atom. The Balaban J connectivity index is 0.00000161. The summed E-state index contributed by atoms with van der Waals surface area (Å²) in [7, 11) is 0. The first kappa shape index (κ1) is 15.7. The first-order valence-corrected chi connectivity index (χ1v) is 6.63. The van der Waals surface area contributed by atoms with Gasteiger partial charge in [0.15, 0.2) is 5.96 Å². The third-order valence-electron chi connectivity index (χ3n) is 3.27. The molecule has 0 aliphatic carbocycles. The molecule has 0 fully saturated rings. The van der Waals surface area contributed by atoms with Crippen LogP contribution in [0.5, 0.6) is 5.75 Å². The van der Waals surface area contributed by atoms with Crippen LogP contribution in [-0.4, -0.2) is 12.6 Å². The third-order valence-corrected chi connectivity index (χ3v) is 3.27. The van der Waals surface area contributed by atoms with Gasteiger partial charge in [0.2, 0.25) is 0 Å². The van der Waals surface area contributed by atoms with E-state index in [2.05, 4.69) is 10.3 Å². The predicted octanol–water partition coefficient (Wildman–Crippen LogP) is 2.83. The lowest BCUT2D eigenvalue weighted by Gasteiger charge is -2.26. The number of para-hydroxylation sites is 1. The highest BCUT2D eigenvalue weighted by atomic mass is 127. The van der Waals surface area contributed by atoms with Gasteiger partial charge in [-0.1, -0.05) is 18.2 Å². The van der Waals surface area contributed by atoms with Crippen LogP contribution < -0.4 is 15.8 Å². The van der Waals surface area contributed by atoms with Crippen LogP contribution in [0.4, 0.5) is 0 Å². The van der Waals surface area contributed by atoms with Crippen LogP contribution in [0.25, 0.3) is 0 Å². The van der Waals surface area contributed by atoms with E-state index in [1.807, 2.05) is 36.4 Å². The SMILES string of the molecule is I.NC(=NCc1ccco1)NC1CCOc2ccccc21. The molecule has 3 N–H and O–H groups in total. The highest BCUT2D eigenvalue weighted by Gasteiger charge is 2.21. The second-order valence-corrected chi connectivity index (χ2v) is 4.65. The van der Waals surface area contributed by atoms with E-state index in [0.717, 1.165) is 23.5 Å². The summed E-state index contributed by atoms with van der Waals surface area (Å²) in [5.41, 5.74) is 7.05. The molecule has 0 saturated carbocycles. The quantitative estimate of drug-likeness (QED) is 0.473. The first-order chi connectivity index (χ1) is 9.83. The second kappa shape index (κ2) is 7.35. The third kappa shape index (κ3) is 3.90. The van der Waals surface area contributed by atoms with Crippen molar-refractivity contribution >= 4 is 29.9 Å². The number of furan rings is 1. The molecule has 6 heteroatoms. The predicted molar refractivity (Wildman–Crippen MR) is 91.9 cm³/mol. The van der Waals surface area contributed by atoms with Crippen LogP contribution in [-0.2, 0) is 6.54 Å². The largest absolute Gasteiger partial charge is 0.493 e. The van der Waals surface area contributed by atoms with Crippen LogP contribution >= 0.6 is 24.0 Å². The van der Waals surface area contributed by atoms with Gasteiger partial charge >= 0.3 is 0 Å². The monoisotopic (exact) mass is 399 g/mol. The average molecular weight is 399 g/mol. The van der Waals surface area contributed by atoms with E-state index in [0.29, 0.717) is 19.1 Å². The van der Waals surface area contributed by atoms with E-state index >= 15 is 0 Å². The van der Waals surface area contributed by atoms with Gasteiger partial charge < -0.3 is 20.2 Å². The number of nitrogens with two attached hydrogens (primary N) is 1. The number of hydrogen-bond acceptors (Lipinski definition) is 3. The lowest BCUT2D eigenvalue weighted by molar-refractivity contribution is 0.262. The zero-order chi connectivity index (χ0) is 13.8. The Labute approximate surface area is 140 Å². The summed E-state index contributed by atoms with van der Waals surface area (Å²) in [5, 5.41) is 3.24. The van der Waals surface area contributed by atoms with E-state index in [1.165, 1.54) is 0 Å². The van der Waals surface area contributed by atoms with Gasteiger partial charge in [-0.3, -0.25) is 0 Å². The lowest BCUT2D eigenvalue weighted by Crippen LogP contribution is -2.37. The number of benzene rings is 1. The van der Waals surface area contributed by atoms with E-state index < -0.39 is 0 Å². The van der Waals surface area contributed by atoms with Crippen molar-refractivity contribution in [2.24, 2.45) is 10.7 Å². The molecule has 0 spiro atoms. The van der Waals surface area contributed by atoms with Crippen LogP contribution in [0, 0.1) is 0 Å². The van der Waals surface area contributed by atoms with Crippen LogP contribution in [0.1, 0.15) is 23.8 Å². The molecule has 112 valence electrons. The molecule has 0 saturated heterocycles. The number of ether oxygens (including phenoxy) is 1. The van der Waals surface area contributed by atoms with Gasteiger partial charge in [-0.25, -0.2) is 4.99 Å². The molecule has 5 nitrogen and oxygen atoms in total. The Morgan fingerprint density at radius 3 is 2.95 bits per heavy atom. The molecular formula is C15H18IN3O2. The molecule has 1 aliphatic rings. The van der Waals surface area contributed by atoms with Gasteiger partial charge in [0.05, 0.1) is 18.9 Å². The standard InChI is InChI=1S/C15H17N3O2.HI/c16-15(17-10-11-4-3-8-19-11)18-13-7-9-20-14-6-2-1-5-12(13)14;/h1-6,8,13H,7,9-10H2,(H3,16,17,18);1H. The number of rotatable bonds is 3. The molecule has 1 aliphatic heterocycles. The van der Waals surface area contributed by atoms with Crippen molar-refractivity contribution in [1.29, 1.82) is 0 Å². The Kier molecular flexibility index (Phi) is 5.49. The zero-order valence-electron chi connectivity index (χ0n) is 11.5. The van der Waals surface area contributed by atoms with E-state index in [-0.39, 0.29) is 30.0 Å². The van der Waals surface area contributed by atoms with E-state index in [4.69, 9.17) is 14.9 Å². The summed E-state index contributed by atoms with van der Waals surface area (Å²) in [6, 6.07) is 11.8. The van der Waals surface area contributed by atoms with Crippen LogP contribution in [0.2, 0.25) is 0 Å². The molecule has 2 heterocycles. The molecule has 1 aromatic heterocycles. The van der Waals surface area contributed by atoms with Gasteiger partial charge in [0, 0.05) is 12.0 Å². The molecule has 0 bridgehead atoms. The normalized spacial score (nSPS) is 17.3. The number of fused-ring (bicyclic) bond motifs is 1. The van der Waals surface area contributed by atoms with Crippen molar-refractivity contribution in [2.45, 2.75) is 19.0 Å². The Hall–Kier alpha value is -1.70. The summed E-state index contributed by atoms with van der Waals surface area (Å²) in [6.45, 7) is 1.12. The topological polar surface area (TPSA) is 72.8 Å². The van der Waals surface area contributed by atoms with Crippen molar-refractivity contribution in [3.8, 4) is 5.75 Å². The van der Waals surface area contributed by atoms with Crippen molar-refractivity contribution in [3.63, 3.8) is 0 Å². The fourth-order valence-corrected chi connectivity index (χ4v) is 2.28. The maximum absolute atomic E-state index is 5.93. The number of nitrogens with one attached hydrogen (secondary N) is 1. The zero-order valence-corrected chi connectivity index (χ0v) is 13.8. The number of hydrogen-bond donors (Lipinski definition) is 2. The van der Waals surface area contributed by atoms with E-state index in [1.54, 1.807) is 6.26 Å². The van der Waals surface area contributed by atoms with Crippen molar-refractivity contribution in [2.75, 3.05) is 6.61 Å². The van der Waals surface area contributed by atoms with E-state index in [9.17, 15) is 0 Å². The summed E-state index contributed by atoms with van der Waals surface area (Å²) in [4.78, 5) is 4.28. The number of halogens is 1. The minimum atomic E-state index is 0. The first-order valence-electron chi connectivity index (χ1n) is 6.63. The molecule has 3 rings (SSSR count). The Morgan fingerprint density at radius 2 is 2.14 bits per heavy atom. The highest BCUT2D eigenvalue weighted by molar-refractivity contribution is 14.0. The van der Waals surface area contributed by atoms with Gasteiger partial charge in [-0.2, -0.15) is 0 Å². The van der Waals surface area contributed by atoms with Crippen LogP contribution in [0.3, 0.4) is 0 Å². The second-order valence-electron chi connectivity index (χ2n) is 4.65. The maximum Gasteiger partial charge on any atom is 0.189 e. The maximum atomic E-state index is 5.93. The molecule has 21 heavy (non-hydrogen) atoms. The van der Waals surface area contributed by atoms with Crippen molar-refractivity contribution in [3.05, 3.63) is 54.0 Å².